The van der Waals surface area contributed by atoms with Gasteiger partial charge < -0.3 is 14.2 Å². The van der Waals surface area contributed by atoms with Crippen LogP contribution in [0.25, 0.3) is 0 Å². The number of carbonyl (C=O) groups is 1. The summed E-state index contributed by atoms with van der Waals surface area (Å²) >= 11 is 0. The predicted molar refractivity (Wildman–Crippen MR) is 49.4 cm³/mol. The summed E-state index contributed by atoms with van der Waals surface area (Å²) in [6.07, 6.45) is -6.99. The molecule has 0 spiro atoms. The topological polar surface area (TPSA) is 44.8 Å². The van der Waals surface area contributed by atoms with Gasteiger partial charge in [0.25, 0.3) is 0 Å². The molecule has 0 saturated carbocycles. The lowest BCUT2D eigenvalue weighted by Gasteiger charge is -2.17. The number of alkyl halides is 5. The summed E-state index contributed by atoms with van der Waals surface area (Å²) in [4.78, 5) is 10.6. The molecule has 0 atom stereocenters. The van der Waals surface area contributed by atoms with Crippen molar-refractivity contribution >= 4 is 6.16 Å². The molecule has 0 aromatic heterocycles. The Morgan fingerprint density at radius 2 is 1.50 bits per heavy atom. The second-order valence-electron chi connectivity index (χ2n) is 3.66. The molecule has 4 nitrogen and oxygen atoms in total. The molecule has 0 saturated heterocycles. The summed E-state index contributed by atoms with van der Waals surface area (Å²) in [5.74, 6) is -3.48. The summed E-state index contributed by atoms with van der Waals surface area (Å²) in [7, 11) is 0. The highest BCUT2D eigenvalue weighted by Gasteiger charge is 2.34. The van der Waals surface area contributed by atoms with Gasteiger partial charge in [-0.25, -0.2) is 13.6 Å². The van der Waals surface area contributed by atoms with Gasteiger partial charge in [-0.1, -0.05) is 0 Å². The van der Waals surface area contributed by atoms with E-state index in [9.17, 15) is 26.7 Å². The van der Waals surface area contributed by atoms with E-state index in [1.807, 2.05) is 0 Å². The standard InChI is InChI=1S/C9H13F5O4/c1-6(2)16-3-8(10,11)4-17-7(15)18-5-9(12,13)14/h6H,3-5H2,1-2H3. The molecule has 9 heteroatoms. The van der Waals surface area contributed by atoms with E-state index >= 15 is 0 Å². The Morgan fingerprint density at radius 3 is 1.94 bits per heavy atom. The van der Waals surface area contributed by atoms with E-state index in [0.717, 1.165) is 0 Å². The predicted octanol–water partition coefficient (Wildman–Crippen LogP) is 2.76. The Labute approximate surface area is 100.0 Å². The third-order valence-corrected chi connectivity index (χ3v) is 1.38. The molecule has 0 N–H and O–H groups in total. The zero-order chi connectivity index (χ0) is 14.4. The number of hydrogen-bond acceptors (Lipinski definition) is 4. The van der Waals surface area contributed by atoms with E-state index in [4.69, 9.17) is 0 Å². The van der Waals surface area contributed by atoms with Gasteiger partial charge in [0.1, 0.15) is 6.61 Å². The SMILES string of the molecule is CC(C)OCC(F)(F)COC(=O)OCC(F)(F)F. The summed E-state index contributed by atoms with van der Waals surface area (Å²) < 4.78 is 72.7. The fraction of sp³-hybridized carbons (Fsp3) is 0.889. The van der Waals surface area contributed by atoms with E-state index in [1.165, 1.54) is 13.8 Å². The largest absolute Gasteiger partial charge is 0.508 e. The number of carbonyl (C=O) groups excluding carboxylic acids is 1. The Bertz CT molecular complexity index is 264. The molecule has 0 aliphatic rings. The Morgan fingerprint density at radius 1 is 1.00 bits per heavy atom. The van der Waals surface area contributed by atoms with Crippen molar-refractivity contribution in [3.05, 3.63) is 0 Å². The molecular weight excluding hydrogens is 267 g/mol. The molecule has 0 unspecified atom stereocenters. The highest BCUT2D eigenvalue weighted by molar-refractivity contribution is 5.59. The number of halogens is 5. The second-order valence-corrected chi connectivity index (χ2v) is 3.66. The fourth-order valence-electron chi connectivity index (χ4n) is 0.677. The number of rotatable bonds is 6. The number of ether oxygens (including phenoxy) is 3. The average Bonchev–Trinajstić information content (AvgIpc) is 2.20. The smallest absolute Gasteiger partial charge is 0.428 e. The van der Waals surface area contributed by atoms with Crippen LogP contribution >= 0.6 is 0 Å². The van der Waals surface area contributed by atoms with Crippen molar-refractivity contribution in [3.63, 3.8) is 0 Å². The van der Waals surface area contributed by atoms with E-state index in [1.54, 1.807) is 0 Å². The maximum atomic E-state index is 12.9. The van der Waals surface area contributed by atoms with E-state index in [0.29, 0.717) is 0 Å². The molecule has 0 aliphatic heterocycles. The van der Waals surface area contributed by atoms with Crippen molar-refractivity contribution in [1.82, 2.24) is 0 Å². The first kappa shape index (κ1) is 16.9. The minimum absolute atomic E-state index is 0.451. The van der Waals surface area contributed by atoms with Crippen molar-refractivity contribution in [2.24, 2.45) is 0 Å². The molecule has 0 aliphatic carbocycles. The summed E-state index contributed by atoms with van der Waals surface area (Å²) in [6, 6.07) is 0. The lowest BCUT2D eigenvalue weighted by Crippen LogP contribution is -2.33. The summed E-state index contributed by atoms with van der Waals surface area (Å²) in [5.41, 5.74) is 0. The minimum atomic E-state index is -4.73. The molecule has 0 amide bonds. The van der Waals surface area contributed by atoms with Crippen molar-refractivity contribution in [1.29, 1.82) is 0 Å². The number of hydrogen-bond donors (Lipinski definition) is 0. The molecule has 0 rings (SSSR count). The van der Waals surface area contributed by atoms with Gasteiger partial charge in [0.05, 0.1) is 6.10 Å². The Balaban J connectivity index is 3.89. The Kier molecular flexibility index (Phi) is 6.30. The zero-order valence-corrected chi connectivity index (χ0v) is 9.72. The van der Waals surface area contributed by atoms with Gasteiger partial charge in [0, 0.05) is 0 Å². The van der Waals surface area contributed by atoms with Gasteiger partial charge in [-0.3, -0.25) is 0 Å². The van der Waals surface area contributed by atoms with E-state index < -0.39 is 44.2 Å². The van der Waals surface area contributed by atoms with Crippen LogP contribution in [0.15, 0.2) is 0 Å². The lowest BCUT2D eigenvalue weighted by atomic mass is 10.4. The second kappa shape index (κ2) is 6.72. The van der Waals surface area contributed by atoms with Crippen LogP contribution < -0.4 is 0 Å². The molecule has 0 aromatic rings. The van der Waals surface area contributed by atoms with Crippen LogP contribution in [0.5, 0.6) is 0 Å². The zero-order valence-electron chi connectivity index (χ0n) is 9.72. The van der Waals surface area contributed by atoms with Gasteiger partial charge in [0.2, 0.25) is 0 Å². The highest BCUT2D eigenvalue weighted by atomic mass is 19.4. The van der Waals surface area contributed by atoms with Crippen LogP contribution in [-0.4, -0.2) is 44.2 Å². The van der Waals surface area contributed by atoms with Gasteiger partial charge >= 0.3 is 18.3 Å². The normalized spacial score (nSPS) is 12.7. The van der Waals surface area contributed by atoms with Gasteiger partial charge in [0.15, 0.2) is 13.2 Å². The van der Waals surface area contributed by atoms with Gasteiger partial charge in [-0.05, 0) is 13.8 Å². The molecular formula is C9H13F5O4. The van der Waals surface area contributed by atoms with Crippen LogP contribution in [0.4, 0.5) is 26.7 Å². The Hall–Kier alpha value is -1.12. The maximum absolute atomic E-state index is 12.9. The third kappa shape index (κ3) is 10.1. The van der Waals surface area contributed by atoms with Crippen molar-refractivity contribution in [2.45, 2.75) is 32.1 Å². The van der Waals surface area contributed by atoms with E-state index in [2.05, 4.69) is 14.2 Å². The molecule has 18 heavy (non-hydrogen) atoms. The van der Waals surface area contributed by atoms with Gasteiger partial charge in [-0.2, -0.15) is 13.2 Å². The first-order chi connectivity index (χ1) is 8.02. The summed E-state index contributed by atoms with van der Waals surface area (Å²) in [6.45, 7) is -1.25. The van der Waals surface area contributed by atoms with Crippen LogP contribution in [-0.2, 0) is 14.2 Å². The van der Waals surface area contributed by atoms with Crippen molar-refractivity contribution in [3.8, 4) is 0 Å². The molecule has 0 fully saturated rings. The first-order valence-corrected chi connectivity index (χ1v) is 4.87. The lowest BCUT2D eigenvalue weighted by molar-refractivity contribution is -0.170. The van der Waals surface area contributed by atoms with Crippen LogP contribution in [0, 0.1) is 0 Å². The van der Waals surface area contributed by atoms with Crippen molar-refractivity contribution < 1.29 is 41.0 Å². The van der Waals surface area contributed by atoms with Crippen LogP contribution in [0.2, 0.25) is 0 Å². The molecule has 0 bridgehead atoms. The van der Waals surface area contributed by atoms with Crippen molar-refractivity contribution in [2.75, 3.05) is 19.8 Å². The highest BCUT2D eigenvalue weighted by Crippen LogP contribution is 2.17. The molecule has 0 radical (unpaired) electrons. The van der Waals surface area contributed by atoms with Crippen LogP contribution in [0.3, 0.4) is 0 Å². The average molecular weight is 280 g/mol. The van der Waals surface area contributed by atoms with Gasteiger partial charge in [-0.15, -0.1) is 0 Å². The minimum Gasteiger partial charge on any atom is -0.428 e. The maximum Gasteiger partial charge on any atom is 0.508 e. The van der Waals surface area contributed by atoms with E-state index in [-0.39, 0.29) is 0 Å². The first-order valence-electron chi connectivity index (χ1n) is 4.87. The summed E-state index contributed by atoms with van der Waals surface area (Å²) in [5, 5.41) is 0. The molecule has 0 heterocycles. The fourth-order valence-corrected chi connectivity index (χ4v) is 0.677. The monoisotopic (exact) mass is 280 g/mol. The third-order valence-electron chi connectivity index (χ3n) is 1.38. The quantitative estimate of drug-likeness (QED) is 0.554. The molecule has 108 valence electrons. The molecule has 0 aromatic carbocycles. The van der Waals surface area contributed by atoms with Crippen LogP contribution in [0.1, 0.15) is 13.8 Å².